The van der Waals surface area contributed by atoms with Crippen molar-refractivity contribution in [3.8, 4) is 11.6 Å². The van der Waals surface area contributed by atoms with Gasteiger partial charge in [-0.05, 0) is 19.1 Å². The fourth-order valence-corrected chi connectivity index (χ4v) is 3.94. The van der Waals surface area contributed by atoms with E-state index in [1.807, 2.05) is 0 Å². The molecule has 0 aliphatic carbocycles. The molecule has 3 rings (SSSR count). The monoisotopic (exact) mass is 490 g/mol. The normalized spacial score (nSPS) is 24.7. The lowest BCUT2D eigenvalue weighted by molar-refractivity contribution is -0.272. The van der Waals surface area contributed by atoms with E-state index in [0.717, 1.165) is 19.1 Å². The van der Waals surface area contributed by atoms with E-state index in [1.165, 1.54) is 32.4 Å². The highest BCUT2D eigenvalue weighted by Crippen LogP contribution is 2.55. The molecular formula is C22H23F5N2O5. The number of nitrogens with one attached hydrogen (secondary N) is 1. The molecule has 0 saturated carbocycles. The van der Waals surface area contributed by atoms with Crippen LogP contribution in [0.2, 0.25) is 0 Å². The van der Waals surface area contributed by atoms with Gasteiger partial charge in [-0.25, -0.2) is 9.37 Å². The van der Waals surface area contributed by atoms with Gasteiger partial charge in [-0.1, -0.05) is 13.0 Å². The number of aliphatic hydroxyl groups is 1. The first-order valence-electron chi connectivity index (χ1n) is 10.2. The third-order valence-electron chi connectivity index (χ3n) is 5.92. The van der Waals surface area contributed by atoms with E-state index in [9.17, 15) is 26.7 Å². The largest absolute Gasteiger partial charge is 0.488 e. The molecule has 0 spiro atoms. The Bertz CT molecular complexity index is 1050. The zero-order chi connectivity index (χ0) is 25.3. The van der Waals surface area contributed by atoms with Crippen molar-refractivity contribution in [2.45, 2.75) is 37.6 Å². The van der Waals surface area contributed by atoms with Crippen molar-refractivity contribution in [2.24, 2.45) is 5.92 Å². The minimum absolute atomic E-state index is 0.149. The number of aromatic nitrogens is 1. The topological polar surface area (TPSA) is 89.9 Å². The van der Waals surface area contributed by atoms with E-state index in [2.05, 4.69) is 10.3 Å². The highest BCUT2D eigenvalue weighted by Gasteiger charge is 2.65. The van der Waals surface area contributed by atoms with Crippen LogP contribution in [-0.2, 0) is 9.53 Å². The van der Waals surface area contributed by atoms with Crippen LogP contribution in [0.15, 0.2) is 30.5 Å². The first kappa shape index (κ1) is 25.6. The van der Waals surface area contributed by atoms with Crippen LogP contribution in [0.25, 0.3) is 0 Å². The molecule has 2 N–H and O–H groups in total. The second kappa shape index (κ2) is 9.71. The average molecular weight is 490 g/mol. The fraction of sp³-hybridized carbons (Fsp3) is 0.455. The number of hydrogen-bond donors (Lipinski definition) is 2. The summed E-state index contributed by atoms with van der Waals surface area (Å²) in [4.78, 5) is 17.0. The molecule has 1 saturated heterocycles. The van der Waals surface area contributed by atoms with Crippen LogP contribution in [0.3, 0.4) is 0 Å². The number of nitrogens with zero attached hydrogens (tertiary/aromatic N) is 1. The molecule has 1 aromatic heterocycles. The number of halogens is 5. The van der Waals surface area contributed by atoms with Gasteiger partial charge in [-0.2, -0.15) is 17.6 Å². The summed E-state index contributed by atoms with van der Waals surface area (Å²) < 4.78 is 85.9. The summed E-state index contributed by atoms with van der Waals surface area (Å²) in [6.07, 6.45) is -5.31. The molecule has 186 valence electrons. The van der Waals surface area contributed by atoms with Crippen molar-refractivity contribution in [2.75, 3.05) is 25.6 Å². The molecule has 2 aromatic rings. The molecule has 0 radical (unpaired) electrons. The van der Waals surface area contributed by atoms with Crippen molar-refractivity contribution in [3.05, 3.63) is 47.7 Å². The second-order valence-corrected chi connectivity index (χ2v) is 7.89. The number of hydrogen-bond acceptors (Lipinski definition) is 6. The van der Waals surface area contributed by atoms with Gasteiger partial charge in [-0.3, -0.25) is 4.79 Å². The van der Waals surface area contributed by atoms with Gasteiger partial charge in [0.15, 0.2) is 17.2 Å². The number of alkyl halides is 3. The predicted molar refractivity (Wildman–Crippen MR) is 110 cm³/mol. The molecular weight excluding hydrogens is 467 g/mol. The highest BCUT2D eigenvalue weighted by atomic mass is 19.4. The van der Waals surface area contributed by atoms with E-state index in [0.29, 0.717) is 0 Å². The zero-order valence-electron chi connectivity index (χ0n) is 18.5. The van der Waals surface area contributed by atoms with E-state index >= 15 is 0 Å². The Hall–Kier alpha value is -2.99. The molecule has 0 bridgehead atoms. The Morgan fingerprint density at radius 3 is 2.62 bits per heavy atom. The van der Waals surface area contributed by atoms with Crippen LogP contribution in [-0.4, -0.2) is 54.2 Å². The van der Waals surface area contributed by atoms with Gasteiger partial charge >= 0.3 is 6.18 Å². The smallest absolute Gasteiger partial charge is 0.417 e. The van der Waals surface area contributed by atoms with Crippen LogP contribution in [0.4, 0.5) is 27.6 Å². The quantitative estimate of drug-likeness (QED) is 0.574. The summed E-state index contributed by atoms with van der Waals surface area (Å²) in [6, 6.07) is 4.52. The molecule has 12 heteroatoms. The van der Waals surface area contributed by atoms with Crippen molar-refractivity contribution in [1.82, 2.24) is 4.98 Å². The summed E-state index contributed by atoms with van der Waals surface area (Å²) in [5.74, 6) is -7.02. The van der Waals surface area contributed by atoms with Gasteiger partial charge in [0, 0.05) is 35.3 Å². The van der Waals surface area contributed by atoms with Gasteiger partial charge in [0.25, 0.3) is 5.91 Å². The Labute approximate surface area is 191 Å². The van der Waals surface area contributed by atoms with Gasteiger partial charge in [0.05, 0.1) is 13.7 Å². The lowest BCUT2D eigenvalue weighted by atomic mass is 9.77. The molecule has 0 unspecified atom stereocenters. The SMILES string of the molecule is COc1cc(NC(=O)[C@@H]2O[C@@](C)(C(F)(F)F)[C@@H](C)[C@H]2c2ccc(F)c(F)c2OCCO)ccn1. The molecule has 1 aromatic carbocycles. The van der Waals surface area contributed by atoms with Crippen LogP contribution in [0.5, 0.6) is 11.6 Å². The average Bonchev–Trinajstić information content (AvgIpc) is 3.07. The molecule has 34 heavy (non-hydrogen) atoms. The van der Waals surface area contributed by atoms with Crippen LogP contribution in [0.1, 0.15) is 25.3 Å². The first-order chi connectivity index (χ1) is 15.9. The van der Waals surface area contributed by atoms with Crippen LogP contribution in [0, 0.1) is 17.6 Å². The van der Waals surface area contributed by atoms with Crippen molar-refractivity contribution < 1.29 is 46.1 Å². The Kier molecular flexibility index (Phi) is 7.32. The number of ether oxygens (including phenoxy) is 3. The van der Waals surface area contributed by atoms with Crippen molar-refractivity contribution in [1.29, 1.82) is 0 Å². The number of carbonyl (C=O) groups excluding carboxylic acids is 1. The zero-order valence-corrected chi connectivity index (χ0v) is 18.5. The van der Waals surface area contributed by atoms with E-state index in [4.69, 9.17) is 19.3 Å². The third-order valence-corrected chi connectivity index (χ3v) is 5.92. The predicted octanol–water partition coefficient (Wildman–Crippen LogP) is 3.82. The number of amides is 1. The minimum Gasteiger partial charge on any atom is -0.488 e. The van der Waals surface area contributed by atoms with E-state index in [1.54, 1.807) is 0 Å². The number of methoxy groups -OCH3 is 1. The molecule has 2 heterocycles. The molecule has 4 atom stereocenters. The maximum Gasteiger partial charge on any atom is 0.417 e. The van der Waals surface area contributed by atoms with Crippen LogP contribution < -0.4 is 14.8 Å². The maximum atomic E-state index is 14.6. The summed E-state index contributed by atoms with van der Waals surface area (Å²) in [7, 11) is 1.34. The summed E-state index contributed by atoms with van der Waals surface area (Å²) >= 11 is 0. The second-order valence-electron chi connectivity index (χ2n) is 7.89. The summed E-state index contributed by atoms with van der Waals surface area (Å²) in [5, 5.41) is 11.5. The van der Waals surface area contributed by atoms with E-state index < -0.39 is 66.2 Å². The van der Waals surface area contributed by atoms with Gasteiger partial charge < -0.3 is 24.6 Å². The first-order valence-corrected chi connectivity index (χ1v) is 10.2. The minimum atomic E-state index is -4.88. The third kappa shape index (κ3) is 4.64. The summed E-state index contributed by atoms with van der Waals surface area (Å²) in [6.45, 7) is 0.999. The van der Waals surface area contributed by atoms with Gasteiger partial charge in [-0.15, -0.1) is 0 Å². The number of pyridine rings is 1. The molecule has 1 amide bonds. The standard InChI is InChI=1S/C22H23F5N2O5/c1-11-16(13-4-5-14(23)17(24)18(13)33-9-8-30)19(34-21(11,2)22(25,26)27)20(31)29-12-6-7-28-15(10-12)32-3/h4-7,10-11,16,19,30H,8-9H2,1-3H3,(H,28,29,31)/t11-,16-,19+,21+/m0/s1. The Morgan fingerprint density at radius 1 is 1.29 bits per heavy atom. The van der Waals surface area contributed by atoms with Crippen LogP contribution >= 0.6 is 0 Å². The molecule has 1 aliphatic heterocycles. The highest BCUT2D eigenvalue weighted by molar-refractivity contribution is 5.95. The number of rotatable bonds is 7. The Balaban J connectivity index is 2.08. The number of aliphatic hydroxyl groups excluding tert-OH is 1. The van der Waals surface area contributed by atoms with Crippen molar-refractivity contribution >= 4 is 11.6 Å². The Morgan fingerprint density at radius 2 is 2.00 bits per heavy atom. The maximum absolute atomic E-state index is 14.6. The number of anilines is 1. The number of benzene rings is 1. The van der Waals surface area contributed by atoms with Gasteiger partial charge in [0.2, 0.25) is 11.7 Å². The summed E-state index contributed by atoms with van der Waals surface area (Å²) in [5.41, 5.74) is -2.80. The lowest BCUT2D eigenvalue weighted by Crippen LogP contribution is -2.47. The van der Waals surface area contributed by atoms with E-state index in [-0.39, 0.29) is 17.1 Å². The van der Waals surface area contributed by atoms with Gasteiger partial charge in [0.1, 0.15) is 12.7 Å². The number of carbonyl (C=O) groups is 1. The fourth-order valence-electron chi connectivity index (χ4n) is 3.94. The molecule has 1 fully saturated rings. The lowest BCUT2D eigenvalue weighted by Gasteiger charge is -2.32. The molecule has 7 nitrogen and oxygen atoms in total. The molecule has 1 aliphatic rings. The van der Waals surface area contributed by atoms with Crippen molar-refractivity contribution in [3.63, 3.8) is 0 Å².